The van der Waals surface area contributed by atoms with Gasteiger partial charge in [0.2, 0.25) is 5.91 Å². The number of hydrogen-bond acceptors (Lipinski definition) is 3. The molecule has 2 rings (SSSR count). The fourth-order valence-corrected chi connectivity index (χ4v) is 3.16. The summed E-state index contributed by atoms with van der Waals surface area (Å²) in [6.07, 6.45) is 4.58. The largest absolute Gasteiger partial charge is 0.393 e. The summed E-state index contributed by atoms with van der Waals surface area (Å²) < 4.78 is 0. The first kappa shape index (κ1) is 13.5. The van der Waals surface area contributed by atoms with Crippen LogP contribution in [0.1, 0.15) is 45.4 Å². The molecule has 2 aliphatic rings. The molecule has 2 fully saturated rings. The number of hydrogen-bond donors (Lipinski definition) is 2. The number of carbonyl (C=O) groups excluding carboxylic acids is 2. The third kappa shape index (κ3) is 3.10. The van der Waals surface area contributed by atoms with Crippen molar-refractivity contribution >= 4 is 11.7 Å². The molecule has 4 nitrogen and oxygen atoms in total. The lowest BCUT2D eigenvalue weighted by molar-refractivity contribution is -0.123. The zero-order valence-corrected chi connectivity index (χ0v) is 11.0. The van der Waals surface area contributed by atoms with Crippen LogP contribution in [0.15, 0.2) is 0 Å². The summed E-state index contributed by atoms with van der Waals surface area (Å²) in [7, 11) is 0. The van der Waals surface area contributed by atoms with Crippen LogP contribution in [0.3, 0.4) is 0 Å². The van der Waals surface area contributed by atoms with Crippen molar-refractivity contribution in [3.8, 4) is 0 Å². The van der Waals surface area contributed by atoms with E-state index in [0.717, 1.165) is 25.7 Å². The Kier molecular flexibility index (Phi) is 4.38. The summed E-state index contributed by atoms with van der Waals surface area (Å²) in [6, 6.07) is 0. The first-order valence-corrected chi connectivity index (χ1v) is 7.05. The third-order valence-corrected chi connectivity index (χ3v) is 4.60. The maximum Gasteiger partial charge on any atom is 0.220 e. The van der Waals surface area contributed by atoms with Crippen molar-refractivity contribution in [1.29, 1.82) is 0 Å². The van der Waals surface area contributed by atoms with Crippen LogP contribution in [0, 0.1) is 17.8 Å². The van der Waals surface area contributed by atoms with Crippen LogP contribution in [0.2, 0.25) is 0 Å². The van der Waals surface area contributed by atoms with Crippen LogP contribution in [0.4, 0.5) is 0 Å². The summed E-state index contributed by atoms with van der Waals surface area (Å²) in [5, 5.41) is 12.6. The Labute approximate surface area is 108 Å². The Bertz CT molecular complexity index is 329. The molecule has 0 aromatic heterocycles. The molecular weight excluding hydrogens is 230 g/mol. The van der Waals surface area contributed by atoms with Crippen LogP contribution >= 0.6 is 0 Å². The predicted molar refractivity (Wildman–Crippen MR) is 67.9 cm³/mol. The van der Waals surface area contributed by atoms with Gasteiger partial charge in [-0.3, -0.25) is 9.59 Å². The van der Waals surface area contributed by atoms with E-state index in [-0.39, 0.29) is 29.8 Å². The molecule has 0 spiro atoms. The van der Waals surface area contributed by atoms with Gasteiger partial charge in [-0.2, -0.15) is 0 Å². The van der Waals surface area contributed by atoms with E-state index in [0.29, 0.717) is 25.2 Å². The maximum atomic E-state index is 11.8. The zero-order chi connectivity index (χ0) is 13.1. The van der Waals surface area contributed by atoms with Crippen molar-refractivity contribution < 1.29 is 14.7 Å². The SMILES string of the molecule is CC1C(=O)CCC1CC(=O)NC[C@@H]1CCC[C@H]1O. The summed E-state index contributed by atoms with van der Waals surface area (Å²) >= 11 is 0. The molecule has 0 aromatic rings. The number of rotatable bonds is 4. The van der Waals surface area contributed by atoms with Crippen LogP contribution in [0.25, 0.3) is 0 Å². The first-order valence-electron chi connectivity index (χ1n) is 7.05. The second-order valence-corrected chi connectivity index (χ2v) is 5.82. The summed E-state index contributed by atoms with van der Waals surface area (Å²) in [6.45, 7) is 2.50. The highest BCUT2D eigenvalue weighted by Gasteiger charge is 2.32. The highest BCUT2D eigenvalue weighted by atomic mass is 16.3. The van der Waals surface area contributed by atoms with Crippen molar-refractivity contribution in [3.05, 3.63) is 0 Å². The standard InChI is InChI=1S/C14H23NO3/c1-9-10(5-6-12(9)16)7-14(18)15-8-11-3-2-4-13(11)17/h9-11,13,17H,2-8H2,1H3,(H,15,18)/t9?,10?,11-,13+/m0/s1. The molecule has 2 aliphatic carbocycles. The molecular formula is C14H23NO3. The Balaban J connectivity index is 1.70. The van der Waals surface area contributed by atoms with Crippen molar-refractivity contribution in [2.45, 2.75) is 51.6 Å². The molecule has 0 bridgehead atoms. The molecule has 4 heteroatoms. The number of carbonyl (C=O) groups is 2. The van der Waals surface area contributed by atoms with Gasteiger partial charge in [-0.15, -0.1) is 0 Å². The van der Waals surface area contributed by atoms with Gasteiger partial charge in [0.05, 0.1) is 6.10 Å². The maximum absolute atomic E-state index is 11.8. The summed E-state index contributed by atoms with van der Waals surface area (Å²) in [5.41, 5.74) is 0. The number of nitrogens with one attached hydrogen (secondary N) is 1. The van der Waals surface area contributed by atoms with Gasteiger partial charge < -0.3 is 10.4 Å². The van der Waals surface area contributed by atoms with Gasteiger partial charge in [0.15, 0.2) is 0 Å². The molecule has 18 heavy (non-hydrogen) atoms. The predicted octanol–water partition coefficient (Wildman–Crippen LogP) is 1.27. The van der Waals surface area contributed by atoms with Crippen LogP contribution in [-0.2, 0) is 9.59 Å². The van der Waals surface area contributed by atoms with E-state index in [1.165, 1.54) is 0 Å². The lowest BCUT2D eigenvalue weighted by atomic mass is 9.94. The number of aliphatic hydroxyl groups is 1. The van der Waals surface area contributed by atoms with Crippen molar-refractivity contribution in [2.75, 3.05) is 6.54 Å². The van der Waals surface area contributed by atoms with Crippen LogP contribution in [0.5, 0.6) is 0 Å². The average Bonchev–Trinajstić information content (AvgIpc) is 2.88. The van der Waals surface area contributed by atoms with Gasteiger partial charge in [-0.1, -0.05) is 13.3 Å². The smallest absolute Gasteiger partial charge is 0.220 e. The van der Waals surface area contributed by atoms with Crippen molar-refractivity contribution in [2.24, 2.45) is 17.8 Å². The number of Topliss-reactive ketones (excluding diaryl/α,β-unsaturated/α-hetero) is 1. The fraction of sp³-hybridized carbons (Fsp3) is 0.857. The number of aliphatic hydroxyl groups excluding tert-OH is 1. The molecule has 2 N–H and O–H groups in total. The minimum absolute atomic E-state index is 0.0284. The minimum atomic E-state index is -0.253. The summed E-state index contributed by atoms with van der Waals surface area (Å²) in [4.78, 5) is 23.2. The molecule has 1 amide bonds. The number of amides is 1. The Hall–Kier alpha value is -0.900. The highest BCUT2D eigenvalue weighted by Crippen LogP contribution is 2.31. The van der Waals surface area contributed by atoms with E-state index in [9.17, 15) is 14.7 Å². The van der Waals surface area contributed by atoms with Gasteiger partial charge >= 0.3 is 0 Å². The van der Waals surface area contributed by atoms with Crippen molar-refractivity contribution in [1.82, 2.24) is 5.32 Å². The normalized spacial score (nSPS) is 36.0. The lowest BCUT2D eigenvalue weighted by Gasteiger charge is -2.17. The average molecular weight is 253 g/mol. The van der Waals surface area contributed by atoms with E-state index < -0.39 is 0 Å². The van der Waals surface area contributed by atoms with Gasteiger partial charge in [0.25, 0.3) is 0 Å². The Morgan fingerprint density at radius 3 is 2.67 bits per heavy atom. The topological polar surface area (TPSA) is 66.4 Å². The molecule has 2 saturated carbocycles. The monoisotopic (exact) mass is 253 g/mol. The Morgan fingerprint density at radius 2 is 2.11 bits per heavy atom. The highest BCUT2D eigenvalue weighted by molar-refractivity contribution is 5.84. The van der Waals surface area contributed by atoms with Crippen LogP contribution in [-0.4, -0.2) is 29.4 Å². The van der Waals surface area contributed by atoms with Crippen LogP contribution < -0.4 is 5.32 Å². The van der Waals surface area contributed by atoms with E-state index in [4.69, 9.17) is 0 Å². The third-order valence-electron chi connectivity index (χ3n) is 4.60. The number of ketones is 1. The second-order valence-electron chi connectivity index (χ2n) is 5.82. The Morgan fingerprint density at radius 1 is 1.33 bits per heavy atom. The first-order chi connectivity index (χ1) is 8.58. The van der Waals surface area contributed by atoms with E-state index in [1.807, 2.05) is 6.92 Å². The van der Waals surface area contributed by atoms with Gasteiger partial charge in [-0.05, 0) is 25.2 Å². The van der Waals surface area contributed by atoms with Gasteiger partial charge in [0, 0.05) is 31.2 Å². The quantitative estimate of drug-likeness (QED) is 0.793. The molecule has 0 aromatic carbocycles. The molecule has 0 aliphatic heterocycles. The minimum Gasteiger partial charge on any atom is -0.393 e. The molecule has 4 atom stereocenters. The van der Waals surface area contributed by atoms with Gasteiger partial charge in [-0.25, -0.2) is 0 Å². The molecule has 2 unspecified atom stereocenters. The molecule has 0 radical (unpaired) electrons. The summed E-state index contributed by atoms with van der Waals surface area (Å²) in [5.74, 6) is 0.787. The van der Waals surface area contributed by atoms with Gasteiger partial charge in [0.1, 0.15) is 5.78 Å². The molecule has 0 saturated heterocycles. The second kappa shape index (κ2) is 5.83. The van der Waals surface area contributed by atoms with Crippen molar-refractivity contribution in [3.63, 3.8) is 0 Å². The lowest BCUT2D eigenvalue weighted by Crippen LogP contribution is -2.33. The van der Waals surface area contributed by atoms with E-state index in [1.54, 1.807) is 0 Å². The zero-order valence-electron chi connectivity index (χ0n) is 11.0. The fourth-order valence-electron chi connectivity index (χ4n) is 3.16. The van der Waals surface area contributed by atoms with E-state index in [2.05, 4.69) is 5.32 Å². The van der Waals surface area contributed by atoms with E-state index >= 15 is 0 Å². The molecule has 102 valence electrons. The molecule has 0 heterocycles.